The SMILES string of the molecule is C[C@]12CCC3C(C=CC4=C/C(=N/O)CC[C@@H]43)C1C1CC1[C@@]21C=CCO1. The summed E-state index contributed by atoms with van der Waals surface area (Å²) in [5.41, 5.74) is 2.61. The van der Waals surface area contributed by atoms with Crippen LogP contribution in [-0.4, -0.2) is 23.1 Å². The molecule has 3 fully saturated rings. The molecule has 0 amide bonds. The molecule has 1 N–H and O–H groups in total. The minimum atomic E-state index is 0.0422. The minimum absolute atomic E-state index is 0.0422. The second-order valence-corrected chi connectivity index (χ2v) is 9.48. The summed E-state index contributed by atoms with van der Waals surface area (Å²) in [4.78, 5) is 0. The predicted octanol–water partition coefficient (Wildman–Crippen LogP) is 4.35. The van der Waals surface area contributed by atoms with E-state index >= 15 is 0 Å². The molecule has 5 aliphatic carbocycles. The standard InChI is InChI=1S/C22H27NO2/c1-21-9-7-16-15-6-4-14(23-24)11-13(15)3-5-17(16)20(21)18-12-19(18)22(21)8-2-10-25-22/h2-3,5,8,11,15-20,24H,4,6-7,9-10,12H2,1H3/b23-14+/t15-,16?,17?,18?,19?,20?,21-,22-/m0/s1. The largest absolute Gasteiger partial charge is 0.411 e. The summed E-state index contributed by atoms with van der Waals surface area (Å²) >= 11 is 0. The molecule has 0 aromatic carbocycles. The van der Waals surface area contributed by atoms with Crippen LogP contribution >= 0.6 is 0 Å². The lowest BCUT2D eigenvalue weighted by Crippen LogP contribution is -2.54. The van der Waals surface area contributed by atoms with E-state index in [1.807, 2.05) is 0 Å². The topological polar surface area (TPSA) is 41.8 Å². The third-order valence-electron chi connectivity index (χ3n) is 8.80. The van der Waals surface area contributed by atoms with Crippen molar-refractivity contribution in [2.24, 2.45) is 46.1 Å². The van der Waals surface area contributed by atoms with Crippen molar-refractivity contribution >= 4 is 5.71 Å². The molecule has 0 radical (unpaired) electrons. The first kappa shape index (κ1) is 14.8. The number of ether oxygens (including phenoxy) is 1. The molecular weight excluding hydrogens is 310 g/mol. The van der Waals surface area contributed by atoms with Gasteiger partial charge in [-0.15, -0.1) is 0 Å². The van der Waals surface area contributed by atoms with E-state index < -0.39 is 0 Å². The highest BCUT2D eigenvalue weighted by atomic mass is 16.5. The number of hydrogen-bond acceptors (Lipinski definition) is 3. The van der Waals surface area contributed by atoms with E-state index in [9.17, 15) is 0 Å². The van der Waals surface area contributed by atoms with Crippen LogP contribution in [0.5, 0.6) is 0 Å². The van der Waals surface area contributed by atoms with Crippen LogP contribution in [0.2, 0.25) is 0 Å². The minimum Gasteiger partial charge on any atom is -0.411 e. The Hall–Kier alpha value is -1.35. The van der Waals surface area contributed by atoms with E-state index in [4.69, 9.17) is 9.94 Å². The first-order valence-corrected chi connectivity index (χ1v) is 10.1. The summed E-state index contributed by atoms with van der Waals surface area (Å²) in [5.74, 6) is 4.57. The molecule has 1 spiro atoms. The van der Waals surface area contributed by atoms with Crippen LogP contribution in [0.1, 0.15) is 39.0 Å². The highest BCUT2D eigenvalue weighted by Gasteiger charge is 2.76. The van der Waals surface area contributed by atoms with Crippen molar-refractivity contribution in [2.75, 3.05) is 6.61 Å². The molecule has 6 rings (SSSR count). The van der Waals surface area contributed by atoms with Gasteiger partial charge < -0.3 is 9.94 Å². The van der Waals surface area contributed by atoms with Crippen LogP contribution in [0.4, 0.5) is 0 Å². The van der Waals surface area contributed by atoms with Crippen LogP contribution < -0.4 is 0 Å². The van der Waals surface area contributed by atoms with Crippen molar-refractivity contribution in [3.05, 3.63) is 36.0 Å². The zero-order chi connectivity index (χ0) is 16.8. The van der Waals surface area contributed by atoms with Crippen LogP contribution in [0.25, 0.3) is 0 Å². The average molecular weight is 337 g/mol. The van der Waals surface area contributed by atoms with Crippen molar-refractivity contribution < 1.29 is 9.94 Å². The lowest BCUT2D eigenvalue weighted by atomic mass is 9.50. The van der Waals surface area contributed by atoms with Gasteiger partial charge in [-0.1, -0.05) is 36.4 Å². The van der Waals surface area contributed by atoms with Crippen molar-refractivity contribution in [3.63, 3.8) is 0 Å². The molecule has 1 heterocycles. The van der Waals surface area contributed by atoms with Gasteiger partial charge in [0.1, 0.15) is 0 Å². The maximum absolute atomic E-state index is 9.13. The van der Waals surface area contributed by atoms with Gasteiger partial charge in [-0.25, -0.2) is 0 Å². The highest BCUT2D eigenvalue weighted by molar-refractivity contribution is 5.96. The number of nitrogens with zero attached hydrogens (tertiary/aromatic N) is 1. The third-order valence-corrected chi connectivity index (χ3v) is 8.80. The van der Waals surface area contributed by atoms with Gasteiger partial charge in [0.15, 0.2) is 0 Å². The molecule has 6 aliphatic rings. The quantitative estimate of drug-likeness (QED) is 0.406. The molecule has 3 saturated carbocycles. The lowest BCUT2D eigenvalue weighted by molar-refractivity contribution is -0.120. The Morgan fingerprint density at radius 1 is 1.28 bits per heavy atom. The monoisotopic (exact) mass is 337 g/mol. The highest BCUT2D eigenvalue weighted by Crippen LogP contribution is 2.77. The summed E-state index contributed by atoms with van der Waals surface area (Å²) in [6, 6.07) is 0. The van der Waals surface area contributed by atoms with Gasteiger partial charge in [0.2, 0.25) is 0 Å². The number of allylic oxidation sites excluding steroid dienone is 4. The molecule has 5 unspecified atom stereocenters. The Bertz CT molecular complexity index is 749. The zero-order valence-electron chi connectivity index (χ0n) is 14.9. The number of oxime groups is 1. The van der Waals surface area contributed by atoms with E-state index in [0.717, 1.165) is 48.8 Å². The van der Waals surface area contributed by atoms with Gasteiger partial charge in [-0.05, 0) is 79.3 Å². The molecule has 3 nitrogen and oxygen atoms in total. The molecule has 1 aliphatic heterocycles. The summed E-state index contributed by atoms with van der Waals surface area (Å²) < 4.78 is 6.45. The number of hydrogen-bond donors (Lipinski definition) is 1. The fraction of sp³-hybridized carbons (Fsp3) is 0.682. The average Bonchev–Trinajstić information content (AvgIpc) is 3.20. The Labute approximate surface area is 149 Å². The normalized spacial score (nSPS) is 56.4. The molecule has 3 heteroatoms. The molecule has 8 atom stereocenters. The van der Waals surface area contributed by atoms with Crippen molar-refractivity contribution in [1.29, 1.82) is 0 Å². The first-order valence-electron chi connectivity index (χ1n) is 10.1. The van der Waals surface area contributed by atoms with E-state index in [-0.39, 0.29) is 5.60 Å². The van der Waals surface area contributed by atoms with Gasteiger partial charge in [0, 0.05) is 5.41 Å². The molecular formula is C22H27NO2. The van der Waals surface area contributed by atoms with Crippen LogP contribution in [0.3, 0.4) is 0 Å². The smallest absolute Gasteiger partial charge is 0.0954 e. The van der Waals surface area contributed by atoms with E-state index in [1.165, 1.54) is 24.8 Å². The summed E-state index contributed by atoms with van der Waals surface area (Å²) in [5, 5.41) is 12.6. The maximum atomic E-state index is 9.13. The Morgan fingerprint density at radius 2 is 2.20 bits per heavy atom. The lowest BCUT2D eigenvalue weighted by Gasteiger charge is -2.55. The zero-order valence-corrected chi connectivity index (χ0v) is 14.9. The molecule has 0 saturated heterocycles. The Balaban J connectivity index is 1.41. The van der Waals surface area contributed by atoms with Crippen LogP contribution in [-0.2, 0) is 4.74 Å². The second-order valence-electron chi connectivity index (χ2n) is 9.48. The molecule has 132 valence electrons. The predicted molar refractivity (Wildman–Crippen MR) is 96.4 cm³/mol. The third kappa shape index (κ3) is 1.64. The van der Waals surface area contributed by atoms with Gasteiger partial charge in [-0.2, -0.15) is 0 Å². The maximum Gasteiger partial charge on any atom is 0.0954 e. The summed E-state index contributed by atoms with van der Waals surface area (Å²) in [6.07, 6.45) is 17.8. The van der Waals surface area contributed by atoms with E-state index in [0.29, 0.717) is 17.3 Å². The van der Waals surface area contributed by atoms with Crippen molar-refractivity contribution in [2.45, 2.75) is 44.6 Å². The van der Waals surface area contributed by atoms with Gasteiger partial charge in [0.25, 0.3) is 0 Å². The van der Waals surface area contributed by atoms with Gasteiger partial charge in [0.05, 0.1) is 17.9 Å². The fourth-order valence-electron chi connectivity index (χ4n) is 7.81. The molecule has 0 bridgehead atoms. The molecule has 0 aromatic heterocycles. The summed E-state index contributed by atoms with van der Waals surface area (Å²) in [6.45, 7) is 3.35. The second kappa shape index (κ2) is 4.68. The number of fused-ring (bicyclic) bond motifs is 9. The molecule has 0 aromatic rings. The Kier molecular flexibility index (Phi) is 2.76. The van der Waals surface area contributed by atoms with Gasteiger partial charge in [-0.3, -0.25) is 0 Å². The van der Waals surface area contributed by atoms with Crippen LogP contribution in [0.15, 0.2) is 41.1 Å². The van der Waals surface area contributed by atoms with Crippen molar-refractivity contribution in [1.82, 2.24) is 0 Å². The van der Waals surface area contributed by atoms with Crippen LogP contribution in [0, 0.1) is 40.9 Å². The number of rotatable bonds is 0. The molecule has 25 heavy (non-hydrogen) atoms. The van der Waals surface area contributed by atoms with E-state index in [2.05, 4.69) is 42.5 Å². The van der Waals surface area contributed by atoms with Gasteiger partial charge >= 0.3 is 0 Å². The fourth-order valence-corrected chi connectivity index (χ4v) is 7.81. The first-order chi connectivity index (χ1) is 12.2. The van der Waals surface area contributed by atoms with Crippen molar-refractivity contribution in [3.8, 4) is 0 Å². The summed E-state index contributed by atoms with van der Waals surface area (Å²) in [7, 11) is 0. The Morgan fingerprint density at radius 3 is 3.00 bits per heavy atom. The van der Waals surface area contributed by atoms with E-state index in [1.54, 1.807) is 0 Å².